The highest BCUT2D eigenvalue weighted by molar-refractivity contribution is 7.15. The van der Waals surface area contributed by atoms with Crippen LogP contribution in [-0.2, 0) is 4.79 Å². The van der Waals surface area contributed by atoms with Gasteiger partial charge in [0.15, 0.2) is 23.1 Å². The minimum atomic E-state index is -0.496. The molecule has 4 aromatic rings. The van der Waals surface area contributed by atoms with Crippen LogP contribution in [0.3, 0.4) is 0 Å². The van der Waals surface area contributed by atoms with Crippen molar-refractivity contribution in [1.82, 2.24) is 9.38 Å². The lowest BCUT2D eigenvalue weighted by molar-refractivity contribution is -0.118. The second-order valence-electron chi connectivity index (χ2n) is 5.56. The van der Waals surface area contributed by atoms with Gasteiger partial charge in [0.25, 0.3) is 5.91 Å². The van der Waals surface area contributed by atoms with E-state index in [9.17, 15) is 9.18 Å². The van der Waals surface area contributed by atoms with Crippen LogP contribution in [0.15, 0.2) is 66.3 Å². The third-order valence-electron chi connectivity index (χ3n) is 3.75. The molecule has 0 atom stereocenters. The average molecular weight is 367 g/mol. The molecule has 0 radical (unpaired) electrons. The lowest BCUT2D eigenvalue weighted by atomic mass is 10.1. The summed E-state index contributed by atoms with van der Waals surface area (Å²) in [6.45, 7) is -0.264. The zero-order chi connectivity index (χ0) is 17.9. The lowest BCUT2D eigenvalue weighted by Gasteiger charge is -2.08. The van der Waals surface area contributed by atoms with E-state index in [0.717, 1.165) is 16.2 Å². The van der Waals surface area contributed by atoms with E-state index in [1.807, 2.05) is 34.3 Å². The fourth-order valence-corrected chi connectivity index (χ4v) is 3.19. The van der Waals surface area contributed by atoms with Gasteiger partial charge in [-0.25, -0.2) is 9.37 Å². The number of ether oxygens (including phenoxy) is 1. The number of benzene rings is 2. The molecule has 0 saturated carbocycles. The van der Waals surface area contributed by atoms with Crippen LogP contribution in [0.25, 0.3) is 16.2 Å². The lowest BCUT2D eigenvalue weighted by Crippen LogP contribution is -2.20. The maximum absolute atomic E-state index is 13.5. The van der Waals surface area contributed by atoms with Gasteiger partial charge in [-0.15, -0.1) is 11.3 Å². The van der Waals surface area contributed by atoms with Crippen LogP contribution in [0.1, 0.15) is 0 Å². The summed E-state index contributed by atoms with van der Waals surface area (Å²) in [5.41, 5.74) is 2.47. The first-order chi connectivity index (χ1) is 12.7. The van der Waals surface area contributed by atoms with E-state index in [0.29, 0.717) is 5.69 Å². The highest BCUT2D eigenvalue weighted by Gasteiger charge is 2.08. The summed E-state index contributed by atoms with van der Waals surface area (Å²) in [5, 5.41) is 4.70. The average Bonchev–Trinajstić information content (AvgIpc) is 3.24. The molecule has 0 saturated heterocycles. The molecule has 1 N–H and O–H groups in total. The molecule has 0 aliphatic heterocycles. The molecule has 2 aromatic carbocycles. The molecule has 2 heterocycles. The molecule has 2 aromatic heterocycles. The van der Waals surface area contributed by atoms with E-state index < -0.39 is 5.82 Å². The summed E-state index contributed by atoms with van der Waals surface area (Å²) in [6, 6.07) is 13.3. The smallest absolute Gasteiger partial charge is 0.262 e. The summed E-state index contributed by atoms with van der Waals surface area (Å²) in [7, 11) is 0. The number of carbonyl (C=O) groups excluding carboxylic acids is 1. The number of nitrogens with one attached hydrogen (secondary N) is 1. The normalized spacial score (nSPS) is 10.8. The number of carbonyl (C=O) groups is 1. The van der Waals surface area contributed by atoms with E-state index in [2.05, 4.69) is 10.3 Å². The van der Waals surface area contributed by atoms with E-state index in [1.165, 1.54) is 12.1 Å². The van der Waals surface area contributed by atoms with Gasteiger partial charge in [-0.2, -0.15) is 0 Å². The molecule has 0 unspecified atom stereocenters. The Morgan fingerprint density at radius 1 is 1.19 bits per heavy atom. The van der Waals surface area contributed by atoms with E-state index in [-0.39, 0.29) is 18.3 Å². The summed E-state index contributed by atoms with van der Waals surface area (Å²) in [4.78, 5) is 17.4. The van der Waals surface area contributed by atoms with Crippen molar-refractivity contribution in [2.45, 2.75) is 0 Å². The van der Waals surface area contributed by atoms with Crippen LogP contribution in [0.2, 0.25) is 0 Å². The van der Waals surface area contributed by atoms with Crippen LogP contribution in [0.4, 0.5) is 10.1 Å². The molecule has 1 amide bonds. The maximum Gasteiger partial charge on any atom is 0.262 e. The van der Waals surface area contributed by atoms with Crippen molar-refractivity contribution in [2.75, 3.05) is 11.9 Å². The Morgan fingerprint density at radius 2 is 2.00 bits per heavy atom. The van der Waals surface area contributed by atoms with Crippen molar-refractivity contribution in [3.63, 3.8) is 0 Å². The van der Waals surface area contributed by atoms with Crippen LogP contribution in [0.5, 0.6) is 5.75 Å². The van der Waals surface area contributed by atoms with Crippen LogP contribution in [0, 0.1) is 5.82 Å². The molecular formula is C19H14FN3O2S. The number of anilines is 1. The molecular weight excluding hydrogens is 353 g/mol. The fourth-order valence-electron chi connectivity index (χ4n) is 2.49. The van der Waals surface area contributed by atoms with Crippen molar-refractivity contribution in [3.8, 4) is 17.0 Å². The number of aromatic nitrogens is 2. The monoisotopic (exact) mass is 367 g/mol. The number of thiazole rings is 1. The molecule has 26 heavy (non-hydrogen) atoms. The van der Waals surface area contributed by atoms with Crippen molar-refractivity contribution in [1.29, 1.82) is 0 Å². The predicted molar refractivity (Wildman–Crippen MR) is 99.0 cm³/mol. The molecule has 130 valence electrons. The first-order valence-electron chi connectivity index (χ1n) is 7.89. The number of amides is 1. The molecule has 4 rings (SSSR count). The molecule has 0 aliphatic carbocycles. The maximum atomic E-state index is 13.5. The third-order valence-corrected chi connectivity index (χ3v) is 4.52. The number of hydrogen-bond acceptors (Lipinski definition) is 4. The topological polar surface area (TPSA) is 55.6 Å². The van der Waals surface area contributed by atoms with Crippen LogP contribution < -0.4 is 10.1 Å². The first-order valence-corrected chi connectivity index (χ1v) is 8.77. The van der Waals surface area contributed by atoms with Gasteiger partial charge < -0.3 is 10.1 Å². The quantitative estimate of drug-likeness (QED) is 0.575. The Morgan fingerprint density at radius 3 is 2.77 bits per heavy atom. The number of imidazole rings is 1. The van der Waals surface area contributed by atoms with Crippen LogP contribution >= 0.6 is 11.3 Å². The van der Waals surface area contributed by atoms with Gasteiger partial charge in [0.05, 0.1) is 5.69 Å². The standard InChI is InChI=1S/C19H14FN3O2S/c20-15-3-1-2-4-17(15)25-12-18(24)21-14-7-5-13(6-8-14)16-11-23-9-10-26-19(23)22-16/h1-11H,12H2,(H,21,24). The van der Waals surface area contributed by atoms with Crippen molar-refractivity contribution in [3.05, 3.63) is 72.1 Å². The second-order valence-corrected chi connectivity index (χ2v) is 6.44. The number of fused-ring (bicyclic) bond motifs is 1. The molecule has 0 bridgehead atoms. The minimum Gasteiger partial charge on any atom is -0.481 e. The minimum absolute atomic E-state index is 0.0535. The Labute approximate surface area is 152 Å². The molecule has 7 heteroatoms. The second kappa shape index (κ2) is 6.97. The highest BCUT2D eigenvalue weighted by atomic mass is 32.1. The van der Waals surface area contributed by atoms with Crippen molar-refractivity contribution >= 4 is 27.9 Å². The van der Waals surface area contributed by atoms with Gasteiger partial charge in [0.1, 0.15) is 0 Å². The predicted octanol–water partition coefficient (Wildman–Crippen LogP) is 4.22. The van der Waals surface area contributed by atoms with Gasteiger partial charge in [-0.3, -0.25) is 9.20 Å². The number of rotatable bonds is 5. The summed E-state index contributed by atoms with van der Waals surface area (Å²) >= 11 is 1.57. The van der Waals surface area contributed by atoms with E-state index in [1.54, 1.807) is 35.6 Å². The van der Waals surface area contributed by atoms with Gasteiger partial charge in [0.2, 0.25) is 0 Å². The molecule has 5 nitrogen and oxygen atoms in total. The van der Waals surface area contributed by atoms with Gasteiger partial charge in [-0.05, 0) is 24.3 Å². The Balaban J connectivity index is 1.38. The van der Waals surface area contributed by atoms with Crippen molar-refractivity contribution < 1.29 is 13.9 Å². The zero-order valence-corrected chi connectivity index (χ0v) is 14.4. The van der Waals surface area contributed by atoms with E-state index in [4.69, 9.17) is 4.74 Å². The van der Waals surface area contributed by atoms with Gasteiger partial charge in [-0.1, -0.05) is 24.3 Å². The number of para-hydroxylation sites is 1. The highest BCUT2D eigenvalue weighted by Crippen LogP contribution is 2.23. The number of nitrogens with zero attached hydrogens (tertiary/aromatic N) is 2. The fraction of sp³-hybridized carbons (Fsp3) is 0.0526. The van der Waals surface area contributed by atoms with E-state index >= 15 is 0 Å². The largest absolute Gasteiger partial charge is 0.481 e. The Hall–Kier alpha value is -3.19. The van der Waals surface area contributed by atoms with Gasteiger partial charge >= 0.3 is 0 Å². The Bertz CT molecular complexity index is 1030. The van der Waals surface area contributed by atoms with Crippen molar-refractivity contribution in [2.24, 2.45) is 0 Å². The summed E-state index contributed by atoms with van der Waals surface area (Å²) in [6.07, 6.45) is 3.92. The van der Waals surface area contributed by atoms with Gasteiger partial charge in [0, 0.05) is 29.0 Å². The SMILES string of the molecule is O=C(COc1ccccc1F)Nc1ccc(-c2cn3ccsc3n2)cc1. The molecule has 0 aliphatic rings. The van der Waals surface area contributed by atoms with Crippen LogP contribution in [-0.4, -0.2) is 21.9 Å². The third kappa shape index (κ3) is 3.43. The number of hydrogen-bond donors (Lipinski definition) is 1. The number of halogens is 1. The summed E-state index contributed by atoms with van der Waals surface area (Å²) in [5.74, 6) is -0.800. The molecule has 0 fully saturated rings. The first kappa shape index (κ1) is 16.3. The molecule has 0 spiro atoms. The Kier molecular flexibility index (Phi) is 4.37. The zero-order valence-electron chi connectivity index (χ0n) is 13.6. The summed E-state index contributed by atoms with van der Waals surface area (Å²) < 4.78 is 20.6.